The van der Waals surface area contributed by atoms with Crippen molar-refractivity contribution in [3.63, 3.8) is 0 Å². The quantitative estimate of drug-likeness (QED) is 0.0383. The minimum atomic E-state index is -0.301. The number of benzene rings is 2. The van der Waals surface area contributed by atoms with Gasteiger partial charge in [-0.05, 0) is 64.2 Å². The SMILES string of the molecule is CI.CNc1ccc2sc(C(=O)OC)cc2c1.COC(=O)c1cc2cc(N)ccc2s1.O=CO[O-].[H-].[K+].[K+]. The van der Waals surface area contributed by atoms with Gasteiger partial charge in [-0.3, -0.25) is 4.79 Å². The normalized spacial score (nSPS) is 8.81. The first-order chi connectivity index (χ1) is 16.9. The number of thiophene rings is 2. The Balaban J connectivity index is -0.000000503. The number of fused-ring (bicyclic) bond motifs is 2. The number of alkyl halides is 1. The van der Waals surface area contributed by atoms with Crippen molar-refractivity contribution in [1.82, 2.24) is 0 Å². The predicted octanol–water partition coefficient (Wildman–Crippen LogP) is -1.39. The number of hydrogen-bond donors (Lipinski definition) is 2. The average molecular weight is 711 g/mol. The summed E-state index contributed by atoms with van der Waals surface area (Å²) >= 11 is 5.01. The second-order valence-corrected chi connectivity index (χ2v) is 8.36. The van der Waals surface area contributed by atoms with Gasteiger partial charge in [0, 0.05) is 27.8 Å². The van der Waals surface area contributed by atoms with Crippen LogP contribution in [0, 0.1) is 0 Å². The van der Waals surface area contributed by atoms with E-state index in [0.29, 0.717) is 15.4 Å². The third kappa shape index (κ3) is 13.0. The number of rotatable bonds is 4. The molecule has 190 valence electrons. The van der Waals surface area contributed by atoms with Crippen molar-refractivity contribution in [2.24, 2.45) is 0 Å². The number of halogens is 1. The number of anilines is 2. The predicted molar refractivity (Wildman–Crippen MR) is 148 cm³/mol. The van der Waals surface area contributed by atoms with Crippen LogP contribution in [0.1, 0.15) is 20.8 Å². The van der Waals surface area contributed by atoms with Crippen molar-refractivity contribution in [3.8, 4) is 0 Å². The van der Waals surface area contributed by atoms with E-state index in [1.165, 1.54) is 36.9 Å². The summed E-state index contributed by atoms with van der Waals surface area (Å²) in [5, 5.41) is 13.5. The maximum atomic E-state index is 11.3. The van der Waals surface area contributed by atoms with Crippen LogP contribution in [0.2, 0.25) is 0 Å². The van der Waals surface area contributed by atoms with Gasteiger partial charge in [0.2, 0.25) is 0 Å². The Hall–Kier alpha value is 0.333. The Morgan fingerprint density at radius 1 is 0.919 bits per heavy atom. The Kier molecular flexibility index (Phi) is 23.5. The van der Waals surface area contributed by atoms with Crippen LogP contribution in [-0.4, -0.2) is 44.6 Å². The van der Waals surface area contributed by atoms with Crippen LogP contribution in [0.5, 0.6) is 0 Å². The smallest absolute Gasteiger partial charge is 1.00 e. The maximum Gasteiger partial charge on any atom is 1.00 e. The van der Waals surface area contributed by atoms with Crippen LogP contribution < -0.4 is 119 Å². The molecule has 0 spiro atoms. The summed E-state index contributed by atoms with van der Waals surface area (Å²) < 4.78 is 11.4. The van der Waals surface area contributed by atoms with Crippen LogP contribution in [-0.2, 0) is 19.2 Å². The molecule has 0 amide bonds. The van der Waals surface area contributed by atoms with E-state index in [1.54, 1.807) is 6.07 Å². The third-order valence-electron chi connectivity index (χ3n) is 4.16. The van der Waals surface area contributed by atoms with E-state index >= 15 is 0 Å². The molecule has 0 saturated carbocycles. The number of ether oxygens (including phenoxy) is 2. The fraction of sp³-hybridized carbons (Fsp3) is 0.174. The Morgan fingerprint density at radius 3 is 1.76 bits per heavy atom. The van der Waals surface area contributed by atoms with Gasteiger partial charge in [0.1, 0.15) is 9.75 Å². The molecule has 0 bridgehead atoms. The first-order valence-corrected chi connectivity index (χ1v) is 13.4. The zero-order valence-corrected chi connectivity index (χ0v) is 31.4. The van der Waals surface area contributed by atoms with E-state index in [-0.39, 0.29) is 123 Å². The van der Waals surface area contributed by atoms with Gasteiger partial charge in [-0.15, -0.1) is 22.7 Å². The summed E-state index contributed by atoms with van der Waals surface area (Å²) in [5.41, 5.74) is 7.37. The van der Waals surface area contributed by atoms with Crippen molar-refractivity contribution in [2.45, 2.75) is 0 Å². The first-order valence-electron chi connectivity index (χ1n) is 9.63. The summed E-state index contributed by atoms with van der Waals surface area (Å²) in [6, 6.07) is 15.2. The Morgan fingerprint density at radius 2 is 1.35 bits per heavy atom. The molecule has 0 aliphatic heterocycles. The second kappa shape index (κ2) is 22.1. The van der Waals surface area contributed by atoms with Crippen LogP contribution in [0.3, 0.4) is 0 Å². The van der Waals surface area contributed by atoms with Crippen LogP contribution >= 0.6 is 45.3 Å². The van der Waals surface area contributed by atoms with Crippen LogP contribution in [0.15, 0.2) is 48.5 Å². The zero-order chi connectivity index (χ0) is 26.4. The van der Waals surface area contributed by atoms with Gasteiger partial charge in [0.25, 0.3) is 6.47 Å². The molecular weight excluding hydrogens is 685 g/mol. The molecule has 2 aromatic carbocycles. The summed E-state index contributed by atoms with van der Waals surface area (Å²) in [5.74, 6) is -0.577. The van der Waals surface area contributed by atoms with E-state index in [1.807, 2.05) is 54.4 Å². The molecular formula is C23H25IK2N2O7S2. The van der Waals surface area contributed by atoms with E-state index < -0.39 is 0 Å². The molecule has 4 rings (SSSR count). The molecule has 14 heteroatoms. The molecule has 2 heterocycles. The van der Waals surface area contributed by atoms with Gasteiger partial charge in [-0.1, -0.05) is 22.6 Å². The van der Waals surface area contributed by atoms with E-state index in [9.17, 15) is 9.59 Å². The number of esters is 2. The van der Waals surface area contributed by atoms with Gasteiger partial charge < -0.3 is 32.1 Å². The van der Waals surface area contributed by atoms with E-state index in [4.69, 9.17) is 15.8 Å². The van der Waals surface area contributed by atoms with Crippen molar-refractivity contribution in [1.29, 1.82) is 0 Å². The summed E-state index contributed by atoms with van der Waals surface area (Å²) in [6.45, 7) is -0.181. The second-order valence-electron chi connectivity index (χ2n) is 6.20. The minimum absolute atomic E-state index is 0. The fourth-order valence-corrected chi connectivity index (χ4v) is 4.59. The van der Waals surface area contributed by atoms with E-state index in [0.717, 1.165) is 25.9 Å². The largest absolute Gasteiger partial charge is 1.00 e. The van der Waals surface area contributed by atoms with Gasteiger partial charge in [0.05, 0.1) is 14.2 Å². The molecule has 37 heavy (non-hydrogen) atoms. The molecule has 0 unspecified atom stereocenters. The van der Waals surface area contributed by atoms with Gasteiger partial charge in [0.15, 0.2) is 0 Å². The summed E-state index contributed by atoms with van der Waals surface area (Å²) in [4.78, 5) is 37.0. The van der Waals surface area contributed by atoms with Crippen LogP contribution in [0.25, 0.3) is 20.2 Å². The number of carbonyl (C=O) groups is 3. The molecule has 0 saturated heterocycles. The van der Waals surface area contributed by atoms with Crippen molar-refractivity contribution >= 4 is 95.2 Å². The first kappa shape index (κ1) is 39.5. The Bertz CT molecular complexity index is 1280. The van der Waals surface area contributed by atoms with Gasteiger partial charge in [-0.2, -0.15) is 0 Å². The van der Waals surface area contributed by atoms with Gasteiger partial charge >= 0.3 is 115 Å². The number of hydrogen-bond acceptors (Lipinski definition) is 11. The number of nitrogen functional groups attached to an aromatic ring is 1. The molecule has 3 N–H and O–H groups in total. The average Bonchev–Trinajstić information content (AvgIpc) is 3.52. The van der Waals surface area contributed by atoms with Crippen molar-refractivity contribution in [3.05, 3.63) is 58.3 Å². The number of carbonyl (C=O) groups excluding carboxylic acids is 3. The van der Waals surface area contributed by atoms with Gasteiger partial charge in [-0.25, -0.2) is 9.59 Å². The summed E-state index contributed by atoms with van der Waals surface area (Å²) in [7, 11) is 4.64. The monoisotopic (exact) mass is 710 g/mol. The summed E-state index contributed by atoms with van der Waals surface area (Å²) in [6.07, 6.45) is 0. The molecule has 4 aromatic rings. The van der Waals surface area contributed by atoms with E-state index in [2.05, 4.69) is 42.3 Å². The fourth-order valence-electron chi connectivity index (χ4n) is 2.66. The zero-order valence-electron chi connectivity index (χ0n) is 22.3. The number of nitrogens with one attached hydrogen (secondary N) is 1. The molecule has 0 aliphatic rings. The molecule has 0 radical (unpaired) electrons. The maximum absolute atomic E-state index is 11.3. The standard InChI is InChI=1S/C11H11NO2S.C10H9NO2S.CH3I.CH2O3.2K.H/c1-12-8-3-4-9-7(5-8)6-10(15-9)11(13)14-2;1-13-10(12)9-5-6-4-7(11)2-3-8(6)14-9;1-2;2-1-4-3;;;/h3-6,12H,1-2H3;2-5H,11H2,1H3;1H3;1,3H;;;/q;;;;2*+1;-1/p-1. The molecule has 2 aromatic heterocycles. The molecule has 0 aliphatic carbocycles. The molecule has 9 nitrogen and oxygen atoms in total. The molecule has 0 atom stereocenters. The third-order valence-corrected chi connectivity index (χ3v) is 6.35. The minimum Gasteiger partial charge on any atom is -1.00 e. The van der Waals surface area contributed by atoms with Crippen LogP contribution in [0.4, 0.5) is 11.4 Å². The van der Waals surface area contributed by atoms with Crippen molar-refractivity contribution in [2.75, 3.05) is 37.2 Å². The number of methoxy groups -OCH3 is 2. The topological polar surface area (TPSA) is 140 Å². The Labute approximate surface area is 323 Å². The number of nitrogens with two attached hydrogens (primary N) is 1. The van der Waals surface area contributed by atoms with Crippen molar-refractivity contribution < 1.29 is 138 Å². The molecule has 0 fully saturated rings.